The van der Waals surface area contributed by atoms with Crippen LogP contribution in [0.2, 0.25) is 0 Å². The van der Waals surface area contributed by atoms with Crippen LogP contribution in [0.15, 0.2) is 15.9 Å². The van der Waals surface area contributed by atoms with E-state index >= 15 is 0 Å². The lowest BCUT2D eigenvalue weighted by Gasteiger charge is -2.27. The molecule has 0 radical (unpaired) electrons. The second-order valence-corrected chi connectivity index (χ2v) is 6.31. The van der Waals surface area contributed by atoms with Crippen LogP contribution in [0.25, 0.3) is 0 Å². The normalized spacial score (nSPS) is 13.2. The third-order valence-corrected chi connectivity index (χ3v) is 4.58. The van der Waals surface area contributed by atoms with Crippen LogP contribution in [0, 0.1) is 0 Å². The maximum absolute atomic E-state index is 3.51. The zero-order chi connectivity index (χ0) is 12.7. The van der Waals surface area contributed by atoms with E-state index in [9.17, 15) is 0 Å². The number of likely N-dealkylation sites (N-methyl/N-ethyl adjacent to an activating group) is 2. The van der Waals surface area contributed by atoms with E-state index in [0.717, 1.165) is 19.6 Å². The summed E-state index contributed by atoms with van der Waals surface area (Å²) in [6.45, 7) is 7.62. The van der Waals surface area contributed by atoms with Crippen molar-refractivity contribution < 1.29 is 0 Å². The van der Waals surface area contributed by atoms with E-state index < -0.39 is 0 Å². The minimum Gasteiger partial charge on any atom is -0.315 e. The Balaban J connectivity index is 2.48. The Kier molecular flexibility index (Phi) is 7.35. The highest BCUT2D eigenvalue weighted by Crippen LogP contribution is 2.21. The second kappa shape index (κ2) is 8.25. The molecule has 98 valence electrons. The van der Waals surface area contributed by atoms with Gasteiger partial charge in [0.25, 0.3) is 0 Å². The number of rotatable bonds is 8. The molecular formula is C13H23BrN2S. The van der Waals surface area contributed by atoms with Gasteiger partial charge < -0.3 is 5.32 Å². The molecule has 1 atom stereocenters. The molecule has 0 fully saturated rings. The molecule has 1 unspecified atom stereocenters. The van der Waals surface area contributed by atoms with Crippen molar-refractivity contribution in [2.45, 2.75) is 39.3 Å². The molecule has 0 aliphatic rings. The SMILES string of the molecule is CCCC(CNCC)N(C)Cc1cc(Br)cs1. The lowest BCUT2D eigenvalue weighted by molar-refractivity contribution is 0.217. The lowest BCUT2D eigenvalue weighted by atomic mass is 10.1. The van der Waals surface area contributed by atoms with E-state index in [4.69, 9.17) is 0 Å². The van der Waals surface area contributed by atoms with E-state index in [1.54, 1.807) is 0 Å². The minimum absolute atomic E-state index is 0.640. The summed E-state index contributed by atoms with van der Waals surface area (Å²) in [7, 11) is 2.23. The average molecular weight is 319 g/mol. The van der Waals surface area contributed by atoms with Gasteiger partial charge in [0.15, 0.2) is 0 Å². The number of thiophene rings is 1. The number of halogens is 1. The van der Waals surface area contributed by atoms with Gasteiger partial charge in [0, 0.05) is 33.9 Å². The Morgan fingerprint density at radius 1 is 1.47 bits per heavy atom. The Morgan fingerprint density at radius 3 is 2.76 bits per heavy atom. The first kappa shape index (κ1) is 15.2. The lowest BCUT2D eigenvalue weighted by Crippen LogP contribution is -2.39. The summed E-state index contributed by atoms with van der Waals surface area (Å²) in [6, 6.07) is 2.86. The third-order valence-electron chi connectivity index (χ3n) is 2.90. The molecule has 0 aliphatic heterocycles. The number of nitrogens with one attached hydrogen (secondary N) is 1. The van der Waals surface area contributed by atoms with Gasteiger partial charge >= 0.3 is 0 Å². The zero-order valence-electron chi connectivity index (χ0n) is 11.0. The van der Waals surface area contributed by atoms with Crippen LogP contribution in [-0.2, 0) is 6.54 Å². The first-order valence-corrected chi connectivity index (χ1v) is 7.98. The summed E-state index contributed by atoms with van der Waals surface area (Å²) < 4.78 is 1.20. The largest absolute Gasteiger partial charge is 0.315 e. The van der Waals surface area contributed by atoms with Gasteiger partial charge in [-0.15, -0.1) is 11.3 Å². The topological polar surface area (TPSA) is 15.3 Å². The highest BCUT2D eigenvalue weighted by Gasteiger charge is 2.14. The summed E-state index contributed by atoms with van der Waals surface area (Å²) in [6.07, 6.45) is 2.50. The second-order valence-electron chi connectivity index (χ2n) is 4.40. The van der Waals surface area contributed by atoms with Gasteiger partial charge in [-0.25, -0.2) is 0 Å². The van der Waals surface area contributed by atoms with Gasteiger partial charge in [-0.3, -0.25) is 4.90 Å². The predicted octanol–water partition coefficient (Wildman–Crippen LogP) is 3.72. The van der Waals surface area contributed by atoms with Crippen LogP contribution in [0.4, 0.5) is 0 Å². The molecule has 1 aromatic rings. The van der Waals surface area contributed by atoms with E-state index in [2.05, 4.69) is 58.5 Å². The molecule has 1 rings (SSSR count). The van der Waals surface area contributed by atoms with Crippen molar-refractivity contribution in [3.8, 4) is 0 Å². The molecule has 0 aromatic carbocycles. The van der Waals surface area contributed by atoms with Crippen LogP contribution in [0.3, 0.4) is 0 Å². The fraction of sp³-hybridized carbons (Fsp3) is 0.692. The Morgan fingerprint density at radius 2 is 2.24 bits per heavy atom. The van der Waals surface area contributed by atoms with E-state index in [0.29, 0.717) is 6.04 Å². The first-order valence-electron chi connectivity index (χ1n) is 6.31. The maximum atomic E-state index is 3.51. The third kappa shape index (κ3) is 5.51. The smallest absolute Gasteiger partial charge is 0.0328 e. The standard InChI is InChI=1S/C13H23BrN2S/c1-4-6-12(8-15-5-2)16(3)9-13-7-11(14)10-17-13/h7,10,12,15H,4-6,8-9H2,1-3H3. The van der Waals surface area contributed by atoms with Crippen molar-refractivity contribution in [1.82, 2.24) is 10.2 Å². The predicted molar refractivity (Wildman–Crippen MR) is 80.7 cm³/mol. The average Bonchev–Trinajstić information content (AvgIpc) is 2.70. The molecular weight excluding hydrogens is 296 g/mol. The van der Waals surface area contributed by atoms with E-state index in [1.807, 2.05) is 11.3 Å². The Bertz CT molecular complexity index is 314. The molecule has 0 saturated carbocycles. The zero-order valence-corrected chi connectivity index (χ0v) is 13.4. The number of hydrogen-bond donors (Lipinski definition) is 1. The quantitative estimate of drug-likeness (QED) is 0.785. The molecule has 0 spiro atoms. The van der Waals surface area contributed by atoms with Crippen molar-refractivity contribution in [3.05, 3.63) is 20.8 Å². The van der Waals surface area contributed by atoms with Gasteiger partial charge in [0.1, 0.15) is 0 Å². The van der Waals surface area contributed by atoms with Crippen molar-refractivity contribution in [1.29, 1.82) is 0 Å². The van der Waals surface area contributed by atoms with Gasteiger partial charge in [-0.1, -0.05) is 20.3 Å². The van der Waals surface area contributed by atoms with E-state index in [-0.39, 0.29) is 0 Å². The number of hydrogen-bond acceptors (Lipinski definition) is 3. The highest BCUT2D eigenvalue weighted by atomic mass is 79.9. The van der Waals surface area contributed by atoms with Crippen LogP contribution < -0.4 is 5.32 Å². The van der Waals surface area contributed by atoms with Crippen molar-refractivity contribution in [2.75, 3.05) is 20.1 Å². The van der Waals surface area contributed by atoms with Crippen molar-refractivity contribution >= 4 is 27.3 Å². The van der Waals surface area contributed by atoms with Crippen LogP contribution in [-0.4, -0.2) is 31.1 Å². The van der Waals surface area contributed by atoms with Gasteiger partial charge in [0.05, 0.1) is 0 Å². The Hall–Kier alpha value is 0.1000. The summed E-state index contributed by atoms with van der Waals surface area (Å²) >= 11 is 5.34. The van der Waals surface area contributed by atoms with Crippen molar-refractivity contribution in [2.24, 2.45) is 0 Å². The fourth-order valence-corrected chi connectivity index (χ4v) is 3.45. The molecule has 0 saturated heterocycles. The van der Waals surface area contributed by atoms with Crippen LogP contribution in [0.1, 0.15) is 31.6 Å². The summed E-state index contributed by atoms with van der Waals surface area (Å²) in [5.41, 5.74) is 0. The minimum atomic E-state index is 0.640. The maximum Gasteiger partial charge on any atom is 0.0328 e. The van der Waals surface area contributed by atoms with Gasteiger partial charge in [-0.05, 0) is 42.0 Å². The van der Waals surface area contributed by atoms with Crippen LogP contribution >= 0.6 is 27.3 Å². The van der Waals surface area contributed by atoms with Gasteiger partial charge in [0.2, 0.25) is 0 Å². The Labute approximate surface area is 118 Å². The highest BCUT2D eigenvalue weighted by molar-refractivity contribution is 9.10. The first-order chi connectivity index (χ1) is 8.17. The monoisotopic (exact) mass is 318 g/mol. The summed E-state index contributed by atoms with van der Waals surface area (Å²) in [4.78, 5) is 3.89. The molecule has 4 heteroatoms. The van der Waals surface area contributed by atoms with Crippen LogP contribution in [0.5, 0.6) is 0 Å². The molecule has 1 aromatic heterocycles. The molecule has 17 heavy (non-hydrogen) atoms. The summed E-state index contributed by atoms with van der Waals surface area (Å²) in [5.74, 6) is 0. The van der Waals surface area contributed by atoms with Gasteiger partial charge in [-0.2, -0.15) is 0 Å². The van der Waals surface area contributed by atoms with Crippen molar-refractivity contribution in [3.63, 3.8) is 0 Å². The fourth-order valence-electron chi connectivity index (χ4n) is 1.93. The molecule has 0 bridgehead atoms. The summed E-state index contributed by atoms with van der Waals surface area (Å²) in [5, 5.41) is 5.61. The molecule has 1 heterocycles. The van der Waals surface area contributed by atoms with E-state index in [1.165, 1.54) is 22.2 Å². The molecule has 1 N–H and O–H groups in total. The molecule has 0 amide bonds. The molecule has 2 nitrogen and oxygen atoms in total. The molecule has 0 aliphatic carbocycles. The number of nitrogens with zero attached hydrogens (tertiary/aromatic N) is 1.